The van der Waals surface area contributed by atoms with Gasteiger partial charge in [0.15, 0.2) is 0 Å². The number of aliphatic imine (C=N–C) groups is 1. The van der Waals surface area contributed by atoms with E-state index in [1.807, 2.05) is 0 Å². The van der Waals surface area contributed by atoms with Gasteiger partial charge in [0.25, 0.3) is 0 Å². The van der Waals surface area contributed by atoms with E-state index >= 15 is 0 Å². The van der Waals surface area contributed by atoms with E-state index in [2.05, 4.69) is 44.8 Å². The number of rotatable bonds is 1. The van der Waals surface area contributed by atoms with Gasteiger partial charge in [-0.1, -0.05) is 32.9 Å². The van der Waals surface area contributed by atoms with E-state index < -0.39 is 0 Å². The van der Waals surface area contributed by atoms with Crippen molar-refractivity contribution in [3.05, 3.63) is 12.2 Å². The van der Waals surface area contributed by atoms with Crippen LogP contribution in [0.4, 0.5) is 0 Å². The van der Waals surface area contributed by atoms with Crippen LogP contribution in [0.2, 0.25) is 0 Å². The maximum Gasteiger partial charge on any atom is 0.0389 e. The quantitative estimate of drug-likeness (QED) is 0.547. The van der Waals surface area contributed by atoms with Crippen molar-refractivity contribution >= 4 is 5.71 Å². The van der Waals surface area contributed by atoms with Gasteiger partial charge >= 0.3 is 0 Å². The van der Waals surface area contributed by atoms with E-state index in [-0.39, 0.29) is 5.41 Å². The Morgan fingerprint density at radius 3 is 2.62 bits per heavy atom. The maximum absolute atomic E-state index is 4.67. The Hall–Kier alpha value is -0.590. The van der Waals surface area contributed by atoms with E-state index in [4.69, 9.17) is 0 Å². The van der Waals surface area contributed by atoms with Crippen LogP contribution < -0.4 is 0 Å². The first kappa shape index (κ1) is 10.5. The van der Waals surface area contributed by atoms with Gasteiger partial charge in [0.1, 0.15) is 0 Å². The summed E-state index contributed by atoms with van der Waals surface area (Å²) in [6.45, 7) is 9.89. The van der Waals surface area contributed by atoms with Crippen LogP contribution in [0.5, 0.6) is 0 Å². The molecule has 0 aromatic heterocycles. The zero-order valence-corrected chi connectivity index (χ0v) is 9.30. The average Bonchev–Trinajstić information content (AvgIpc) is 2.04. The second-order valence-corrected chi connectivity index (χ2v) is 4.79. The highest BCUT2D eigenvalue weighted by atomic mass is 14.8. The Kier molecular flexibility index (Phi) is 3.29. The summed E-state index contributed by atoms with van der Waals surface area (Å²) in [5.41, 5.74) is 1.63. The highest BCUT2D eigenvalue weighted by Gasteiger charge is 2.26. The van der Waals surface area contributed by atoms with Crippen LogP contribution in [-0.2, 0) is 0 Å². The first-order chi connectivity index (χ1) is 6.05. The fourth-order valence-corrected chi connectivity index (χ4v) is 1.98. The minimum Gasteiger partial charge on any atom is -0.293 e. The fourth-order valence-electron chi connectivity index (χ4n) is 1.98. The molecule has 0 bridgehead atoms. The summed E-state index contributed by atoms with van der Waals surface area (Å²) in [5.74, 6) is 0.596. The summed E-state index contributed by atoms with van der Waals surface area (Å²) in [7, 11) is 0. The smallest absolute Gasteiger partial charge is 0.0389 e. The molecule has 0 fully saturated rings. The molecule has 1 unspecified atom stereocenters. The van der Waals surface area contributed by atoms with E-state index in [1.54, 1.807) is 0 Å². The van der Waals surface area contributed by atoms with Crippen LogP contribution in [0.15, 0.2) is 17.1 Å². The number of hydrogen-bond donors (Lipinski definition) is 0. The van der Waals surface area contributed by atoms with Crippen LogP contribution in [-0.4, -0.2) is 12.3 Å². The summed E-state index contributed by atoms with van der Waals surface area (Å²) >= 11 is 0. The Balaban J connectivity index is 2.84. The number of hydrogen-bond acceptors (Lipinski definition) is 1. The standard InChI is InChI=1S/C12H21N/c1-5-7-10-8-6-9-13-11(10)12(2,3)4/h5,7,10H,6,8-9H2,1-4H3/b7-5+. The maximum atomic E-state index is 4.67. The molecule has 0 saturated heterocycles. The predicted octanol–water partition coefficient (Wildman–Crippen LogP) is 3.46. The Labute approximate surface area is 82.0 Å². The van der Waals surface area contributed by atoms with Gasteiger partial charge in [-0.05, 0) is 19.8 Å². The van der Waals surface area contributed by atoms with E-state index in [0.717, 1.165) is 6.54 Å². The summed E-state index contributed by atoms with van der Waals surface area (Å²) < 4.78 is 0. The van der Waals surface area contributed by atoms with E-state index in [1.165, 1.54) is 18.6 Å². The molecule has 0 amide bonds. The predicted molar refractivity (Wildman–Crippen MR) is 59.3 cm³/mol. The van der Waals surface area contributed by atoms with Crippen molar-refractivity contribution in [3.63, 3.8) is 0 Å². The molecule has 0 aromatic carbocycles. The van der Waals surface area contributed by atoms with Crippen LogP contribution in [0.25, 0.3) is 0 Å². The van der Waals surface area contributed by atoms with Gasteiger partial charge in [0, 0.05) is 23.6 Å². The molecule has 0 N–H and O–H groups in total. The molecule has 1 atom stereocenters. The summed E-state index contributed by atoms with van der Waals surface area (Å²) in [5, 5.41) is 0. The molecular weight excluding hydrogens is 158 g/mol. The van der Waals surface area contributed by atoms with Crippen LogP contribution in [0.3, 0.4) is 0 Å². The minimum atomic E-state index is 0.241. The van der Waals surface area contributed by atoms with Gasteiger partial charge in [0.05, 0.1) is 0 Å². The lowest BCUT2D eigenvalue weighted by molar-refractivity contribution is 0.518. The SMILES string of the molecule is C/C=C/C1CCCN=C1C(C)(C)C. The van der Waals surface area contributed by atoms with Crippen molar-refractivity contribution in [3.8, 4) is 0 Å². The van der Waals surface area contributed by atoms with Gasteiger partial charge < -0.3 is 0 Å². The van der Waals surface area contributed by atoms with Crippen molar-refractivity contribution in [1.29, 1.82) is 0 Å². The lowest BCUT2D eigenvalue weighted by atomic mass is 9.78. The lowest BCUT2D eigenvalue weighted by Crippen LogP contribution is -2.30. The lowest BCUT2D eigenvalue weighted by Gasteiger charge is -2.30. The van der Waals surface area contributed by atoms with Crippen LogP contribution in [0.1, 0.15) is 40.5 Å². The Morgan fingerprint density at radius 1 is 1.38 bits per heavy atom. The first-order valence-corrected chi connectivity index (χ1v) is 5.23. The topological polar surface area (TPSA) is 12.4 Å². The molecule has 1 heteroatoms. The van der Waals surface area contributed by atoms with Crippen molar-refractivity contribution in [2.24, 2.45) is 16.3 Å². The first-order valence-electron chi connectivity index (χ1n) is 5.23. The summed E-state index contributed by atoms with van der Waals surface area (Å²) in [6.07, 6.45) is 6.97. The molecule has 0 spiro atoms. The van der Waals surface area contributed by atoms with Crippen molar-refractivity contribution < 1.29 is 0 Å². The molecular formula is C12H21N. The van der Waals surface area contributed by atoms with Crippen molar-refractivity contribution in [2.45, 2.75) is 40.5 Å². The Morgan fingerprint density at radius 2 is 2.08 bits per heavy atom. The molecule has 0 radical (unpaired) electrons. The van der Waals surface area contributed by atoms with Gasteiger partial charge in [-0.25, -0.2) is 0 Å². The normalized spacial score (nSPS) is 24.9. The summed E-state index contributed by atoms with van der Waals surface area (Å²) in [6, 6.07) is 0. The average molecular weight is 179 g/mol. The molecule has 1 aliphatic heterocycles. The van der Waals surface area contributed by atoms with Crippen molar-refractivity contribution in [1.82, 2.24) is 0 Å². The van der Waals surface area contributed by atoms with Gasteiger partial charge in [0.2, 0.25) is 0 Å². The zero-order valence-electron chi connectivity index (χ0n) is 9.30. The number of allylic oxidation sites excluding steroid dienone is 2. The molecule has 74 valence electrons. The summed E-state index contributed by atoms with van der Waals surface area (Å²) in [4.78, 5) is 4.67. The van der Waals surface area contributed by atoms with Gasteiger partial charge in [-0.3, -0.25) is 4.99 Å². The molecule has 0 aliphatic carbocycles. The van der Waals surface area contributed by atoms with Gasteiger partial charge in [-0.15, -0.1) is 0 Å². The Bertz CT molecular complexity index is 218. The highest BCUT2D eigenvalue weighted by Crippen LogP contribution is 2.28. The van der Waals surface area contributed by atoms with Crippen LogP contribution in [0, 0.1) is 11.3 Å². The van der Waals surface area contributed by atoms with Gasteiger partial charge in [-0.2, -0.15) is 0 Å². The monoisotopic (exact) mass is 179 g/mol. The third kappa shape index (κ3) is 2.68. The molecule has 1 heterocycles. The molecule has 1 aliphatic rings. The molecule has 1 nitrogen and oxygen atoms in total. The third-order valence-corrected chi connectivity index (χ3v) is 2.50. The minimum absolute atomic E-state index is 0.241. The molecule has 13 heavy (non-hydrogen) atoms. The molecule has 1 rings (SSSR count). The van der Waals surface area contributed by atoms with E-state index in [9.17, 15) is 0 Å². The zero-order chi connectivity index (χ0) is 9.90. The largest absolute Gasteiger partial charge is 0.293 e. The second-order valence-electron chi connectivity index (χ2n) is 4.79. The third-order valence-electron chi connectivity index (χ3n) is 2.50. The molecule has 0 saturated carbocycles. The fraction of sp³-hybridized carbons (Fsp3) is 0.750. The molecule has 0 aromatic rings. The van der Waals surface area contributed by atoms with E-state index in [0.29, 0.717) is 5.92 Å². The second kappa shape index (κ2) is 4.08. The highest BCUT2D eigenvalue weighted by molar-refractivity contribution is 5.93. The van der Waals surface area contributed by atoms with Crippen LogP contribution >= 0.6 is 0 Å². The van der Waals surface area contributed by atoms with Crippen molar-refractivity contribution in [2.75, 3.05) is 6.54 Å². The number of nitrogens with zero attached hydrogens (tertiary/aromatic N) is 1.